The molecule has 1 aliphatic carbocycles. The summed E-state index contributed by atoms with van der Waals surface area (Å²) < 4.78 is 3.87. The van der Waals surface area contributed by atoms with Crippen LogP contribution in [0.15, 0.2) is 23.6 Å². The van der Waals surface area contributed by atoms with Gasteiger partial charge in [-0.05, 0) is 54.4 Å². The molecule has 0 aliphatic heterocycles. The number of aromatic nitrogens is 2. The molecule has 1 aromatic carbocycles. The van der Waals surface area contributed by atoms with E-state index in [9.17, 15) is 0 Å². The molecule has 0 saturated carbocycles. The van der Waals surface area contributed by atoms with Crippen molar-refractivity contribution in [1.29, 1.82) is 0 Å². The Morgan fingerprint density at radius 3 is 3.06 bits per heavy atom. The molecule has 3 rings (SSSR count). The fourth-order valence-corrected chi connectivity index (χ4v) is 2.85. The van der Waals surface area contributed by atoms with E-state index in [1.54, 1.807) is 0 Å². The van der Waals surface area contributed by atoms with Gasteiger partial charge < -0.3 is 5.32 Å². The Kier molecular flexibility index (Phi) is 3.05. The standard InChI is InChI=1S/C13H15N3S/c1-2-6-12-10(4-1)5-3-7-13(12)14-8-11-9-17-16-15-11/h3,5,7,9,14H,1-2,4,6,8H2. The van der Waals surface area contributed by atoms with Gasteiger partial charge in [0.1, 0.15) is 0 Å². The van der Waals surface area contributed by atoms with Crippen molar-refractivity contribution in [2.24, 2.45) is 0 Å². The van der Waals surface area contributed by atoms with Crippen LogP contribution in [0.25, 0.3) is 0 Å². The zero-order valence-corrected chi connectivity index (χ0v) is 10.5. The lowest BCUT2D eigenvalue weighted by Gasteiger charge is -2.19. The Labute approximate surface area is 105 Å². The lowest BCUT2D eigenvalue weighted by molar-refractivity contribution is 0.686. The summed E-state index contributed by atoms with van der Waals surface area (Å²) in [6, 6.07) is 6.57. The number of hydrogen-bond donors (Lipinski definition) is 1. The molecular formula is C13H15N3S. The van der Waals surface area contributed by atoms with Crippen molar-refractivity contribution >= 4 is 17.2 Å². The van der Waals surface area contributed by atoms with Gasteiger partial charge in [-0.3, -0.25) is 0 Å². The van der Waals surface area contributed by atoms with Crippen molar-refractivity contribution in [2.75, 3.05) is 5.32 Å². The number of nitrogens with zero attached hydrogens (tertiary/aromatic N) is 2. The highest BCUT2D eigenvalue weighted by molar-refractivity contribution is 7.03. The summed E-state index contributed by atoms with van der Waals surface area (Å²) in [7, 11) is 0. The van der Waals surface area contributed by atoms with E-state index in [1.807, 2.05) is 5.38 Å². The second-order valence-electron chi connectivity index (χ2n) is 4.40. The maximum absolute atomic E-state index is 4.05. The Hall–Kier alpha value is -1.42. The van der Waals surface area contributed by atoms with Crippen molar-refractivity contribution in [3.05, 3.63) is 40.4 Å². The second-order valence-corrected chi connectivity index (χ2v) is 5.01. The largest absolute Gasteiger partial charge is 0.379 e. The summed E-state index contributed by atoms with van der Waals surface area (Å²) in [5.41, 5.74) is 5.30. The number of fused-ring (bicyclic) bond motifs is 1. The van der Waals surface area contributed by atoms with Gasteiger partial charge in [0.05, 0.1) is 12.2 Å². The third-order valence-electron chi connectivity index (χ3n) is 3.26. The third-order valence-corrected chi connectivity index (χ3v) is 3.81. The predicted octanol–water partition coefficient (Wildman–Crippen LogP) is 3.03. The molecular weight excluding hydrogens is 230 g/mol. The minimum atomic E-state index is 0.771. The number of aryl methyl sites for hydroxylation is 1. The van der Waals surface area contributed by atoms with Gasteiger partial charge in [0.2, 0.25) is 0 Å². The highest BCUT2D eigenvalue weighted by Crippen LogP contribution is 2.28. The number of hydrogen-bond acceptors (Lipinski definition) is 4. The Morgan fingerprint density at radius 1 is 1.24 bits per heavy atom. The second kappa shape index (κ2) is 4.84. The number of rotatable bonds is 3. The van der Waals surface area contributed by atoms with Gasteiger partial charge >= 0.3 is 0 Å². The molecule has 0 spiro atoms. The normalized spacial score (nSPS) is 14.4. The molecule has 0 radical (unpaired) electrons. The number of benzene rings is 1. The van der Waals surface area contributed by atoms with Gasteiger partial charge in [-0.25, -0.2) is 0 Å². The van der Waals surface area contributed by atoms with Crippen LogP contribution in [0, 0.1) is 0 Å². The molecule has 0 atom stereocenters. The van der Waals surface area contributed by atoms with Crippen LogP contribution in [0.2, 0.25) is 0 Å². The van der Waals surface area contributed by atoms with Crippen LogP contribution >= 0.6 is 11.5 Å². The molecule has 1 heterocycles. The topological polar surface area (TPSA) is 37.8 Å². The van der Waals surface area contributed by atoms with Gasteiger partial charge in [0, 0.05) is 11.1 Å². The molecule has 88 valence electrons. The number of anilines is 1. The predicted molar refractivity (Wildman–Crippen MR) is 70.3 cm³/mol. The lowest BCUT2D eigenvalue weighted by atomic mass is 9.90. The van der Waals surface area contributed by atoms with Crippen molar-refractivity contribution in [1.82, 2.24) is 9.59 Å². The van der Waals surface area contributed by atoms with Gasteiger partial charge in [-0.1, -0.05) is 16.6 Å². The fraction of sp³-hybridized carbons (Fsp3) is 0.385. The summed E-state index contributed by atoms with van der Waals surface area (Å²) in [5, 5.41) is 9.52. The van der Waals surface area contributed by atoms with Gasteiger partial charge in [0.25, 0.3) is 0 Å². The summed E-state index contributed by atoms with van der Waals surface area (Å²) in [4.78, 5) is 0. The third kappa shape index (κ3) is 2.31. The highest BCUT2D eigenvalue weighted by atomic mass is 32.1. The van der Waals surface area contributed by atoms with Crippen LogP contribution in [-0.2, 0) is 19.4 Å². The van der Waals surface area contributed by atoms with E-state index in [2.05, 4.69) is 33.1 Å². The minimum absolute atomic E-state index is 0.771. The highest BCUT2D eigenvalue weighted by Gasteiger charge is 2.12. The molecule has 0 fully saturated rings. The van der Waals surface area contributed by atoms with E-state index in [0.29, 0.717) is 0 Å². The minimum Gasteiger partial charge on any atom is -0.379 e. The van der Waals surface area contributed by atoms with Crippen LogP contribution < -0.4 is 5.32 Å². The monoisotopic (exact) mass is 245 g/mol. The van der Waals surface area contributed by atoms with Gasteiger partial charge in [-0.15, -0.1) is 5.10 Å². The van der Waals surface area contributed by atoms with Gasteiger partial charge in [0.15, 0.2) is 0 Å². The first-order valence-corrected chi connectivity index (χ1v) is 6.88. The lowest BCUT2D eigenvalue weighted by Crippen LogP contribution is -2.08. The van der Waals surface area contributed by atoms with Crippen LogP contribution in [0.4, 0.5) is 5.69 Å². The first-order chi connectivity index (χ1) is 8.43. The van der Waals surface area contributed by atoms with Gasteiger partial charge in [-0.2, -0.15) is 0 Å². The number of nitrogens with one attached hydrogen (secondary N) is 1. The Morgan fingerprint density at radius 2 is 2.18 bits per heavy atom. The summed E-state index contributed by atoms with van der Waals surface area (Å²) in [6.45, 7) is 0.771. The van der Waals surface area contributed by atoms with Crippen molar-refractivity contribution in [2.45, 2.75) is 32.2 Å². The summed E-state index contributed by atoms with van der Waals surface area (Å²) in [6.07, 6.45) is 5.06. The molecule has 1 aliphatic rings. The van der Waals surface area contributed by atoms with E-state index in [1.165, 1.54) is 54.0 Å². The van der Waals surface area contributed by atoms with Crippen molar-refractivity contribution < 1.29 is 0 Å². The van der Waals surface area contributed by atoms with E-state index >= 15 is 0 Å². The van der Waals surface area contributed by atoms with Crippen LogP contribution in [-0.4, -0.2) is 9.59 Å². The molecule has 0 amide bonds. The first kappa shape index (κ1) is 10.7. The average molecular weight is 245 g/mol. The zero-order valence-electron chi connectivity index (χ0n) is 9.65. The van der Waals surface area contributed by atoms with E-state index < -0.39 is 0 Å². The SMILES string of the molecule is c1cc2c(c(NCc3csnn3)c1)CCCC2. The van der Waals surface area contributed by atoms with E-state index in [-0.39, 0.29) is 0 Å². The molecule has 0 saturated heterocycles. The first-order valence-electron chi connectivity index (χ1n) is 6.04. The summed E-state index contributed by atoms with van der Waals surface area (Å²) in [5.74, 6) is 0. The maximum Gasteiger partial charge on any atom is 0.0946 e. The summed E-state index contributed by atoms with van der Waals surface area (Å²) >= 11 is 1.40. The molecule has 1 aromatic heterocycles. The van der Waals surface area contributed by atoms with Crippen LogP contribution in [0.3, 0.4) is 0 Å². The molecule has 17 heavy (non-hydrogen) atoms. The van der Waals surface area contributed by atoms with E-state index in [4.69, 9.17) is 0 Å². The molecule has 4 heteroatoms. The Balaban J connectivity index is 1.78. The Bertz CT molecular complexity index is 493. The average Bonchev–Trinajstić information content (AvgIpc) is 2.89. The van der Waals surface area contributed by atoms with Crippen molar-refractivity contribution in [3.63, 3.8) is 0 Å². The molecule has 0 unspecified atom stereocenters. The molecule has 1 N–H and O–H groups in total. The fourth-order valence-electron chi connectivity index (χ4n) is 2.39. The van der Waals surface area contributed by atoms with Crippen molar-refractivity contribution in [3.8, 4) is 0 Å². The smallest absolute Gasteiger partial charge is 0.0946 e. The van der Waals surface area contributed by atoms with E-state index in [0.717, 1.165) is 12.2 Å². The maximum atomic E-state index is 4.05. The zero-order chi connectivity index (χ0) is 11.5. The quantitative estimate of drug-likeness (QED) is 0.903. The van der Waals surface area contributed by atoms with Crippen LogP contribution in [0.5, 0.6) is 0 Å². The molecule has 2 aromatic rings. The van der Waals surface area contributed by atoms with Crippen LogP contribution in [0.1, 0.15) is 29.7 Å². The molecule has 0 bridgehead atoms. The molecule has 3 nitrogen and oxygen atoms in total.